The van der Waals surface area contributed by atoms with Gasteiger partial charge in [0.2, 0.25) is 0 Å². The normalized spacial score (nSPS) is 12.8. The highest BCUT2D eigenvalue weighted by atomic mass is 32.2. The van der Waals surface area contributed by atoms with Gasteiger partial charge >= 0.3 is 10.2 Å². The summed E-state index contributed by atoms with van der Waals surface area (Å²) < 4.78 is 30.5. The third-order valence-corrected chi connectivity index (χ3v) is 9.13. The number of rotatable bonds is 17. The van der Waals surface area contributed by atoms with Gasteiger partial charge in [0.1, 0.15) is 0 Å². The van der Waals surface area contributed by atoms with Gasteiger partial charge in [-0.2, -0.15) is 12.7 Å². The molecule has 0 aliphatic heterocycles. The topological polar surface area (TPSA) is 80.8 Å². The predicted molar refractivity (Wildman–Crippen MR) is 164 cm³/mol. The number of amides is 1. The molecule has 0 aromatic heterocycles. The summed E-state index contributed by atoms with van der Waals surface area (Å²) in [6, 6.07) is 3.84. The van der Waals surface area contributed by atoms with Crippen molar-refractivity contribution in [3.8, 4) is 0 Å². The summed E-state index contributed by atoms with van der Waals surface area (Å²) in [5, 5.41) is 12.8. The molecule has 0 atom stereocenters. The van der Waals surface area contributed by atoms with Crippen molar-refractivity contribution in [2.75, 3.05) is 17.4 Å². The molecule has 0 aliphatic rings. The van der Waals surface area contributed by atoms with E-state index in [2.05, 4.69) is 13.8 Å². The molecule has 0 saturated carbocycles. The number of hydrogen-bond acceptors (Lipinski definition) is 4. The van der Waals surface area contributed by atoms with Crippen LogP contribution in [0.5, 0.6) is 0 Å². The number of aryl methyl sites for hydroxylation is 1. The van der Waals surface area contributed by atoms with Crippen molar-refractivity contribution in [2.45, 2.75) is 150 Å². The maximum atomic E-state index is 14.3. The first kappa shape index (κ1) is 35.4. The molecule has 7 heteroatoms. The lowest BCUT2D eigenvalue weighted by molar-refractivity contribution is -0.244. The molecule has 0 saturated heterocycles. The molecule has 0 fully saturated rings. The number of hydrogen-bond donors (Lipinski definition) is 0. The van der Waals surface area contributed by atoms with Crippen LogP contribution < -0.4 is 9.41 Å². The van der Waals surface area contributed by atoms with Crippen molar-refractivity contribution in [1.82, 2.24) is 4.31 Å². The summed E-state index contributed by atoms with van der Waals surface area (Å²) in [5.74, 6) is 0. The fourth-order valence-corrected chi connectivity index (χ4v) is 6.60. The molecule has 39 heavy (non-hydrogen) atoms. The van der Waals surface area contributed by atoms with Crippen LogP contribution in [-0.2, 0) is 21.0 Å². The first-order valence-electron chi connectivity index (χ1n) is 15.3. The van der Waals surface area contributed by atoms with Crippen LogP contribution in [0, 0.1) is 6.92 Å². The predicted octanol–water partition coefficient (Wildman–Crippen LogP) is 8.01. The Kier molecular flexibility index (Phi) is 14.5. The van der Waals surface area contributed by atoms with Gasteiger partial charge in [-0.1, -0.05) is 137 Å². The highest BCUT2D eigenvalue weighted by Crippen LogP contribution is 2.42. The average molecular weight is 566 g/mol. The zero-order valence-electron chi connectivity index (χ0n) is 26.5. The minimum absolute atomic E-state index is 0.233. The number of benzene rings is 1. The Morgan fingerprint density at radius 1 is 0.718 bits per heavy atom. The summed E-state index contributed by atoms with van der Waals surface area (Å²) in [6.07, 6.45) is 10.6. The lowest BCUT2D eigenvalue weighted by atomic mass is 9.77. The molecule has 1 aromatic carbocycles. The highest BCUT2D eigenvalue weighted by molar-refractivity contribution is 7.91. The lowest BCUT2D eigenvalue weighted by Gasteiger charge is -2.38. The largest absolute Gasteiger partial charge is 0.529 e. The number of nitrogens with zero attached hydrogens (tertiary/aromatic N) is 2. The molecular weight excluding hydrogens is 508 g/mol. The Morgan fingerprint density at radius 2 is 1.08 bits per heavy atom. The first-order valence-corrected chi connectivity index (χ1v) is 16.7. The van der Waals surface area contributed by atoms with Crippen molar-refractivity contribution >= 4 is 22.0 Å². The molecule has 0 aliphatic carbocycles. The van der Waals surface area contributed by atoms with Gasteiger partial charge < -0.3 is 9.90 Å². The molecule has 0 heterocycles. The van der Waals surface area contributed by atoms with Crippen LogP contribution >= 0.6 is 0 Å². The second kappa shape index (κ2) is 16.0. The van der Waals surface area contributed by atoms with Crippen molar-refractivity contribution in [3.05, 3.63) is 28.8 Å². The Balaban J connectivity index is 3.54. The maximum Gasteiger partial charge on any atom is 0.309 e. The van der Waals surface area contributed by atoms with Gasteiger partial charge in [-0.15, -0.1) is 0 Å². The first-order chi connectivity index (χ1) is 18.1. The summed E-state index contributed by atoms with van der Waals surface area (Å²) in [5.41, 5.74) is 1.64. The smallest absolute Gasteiger partial charge is 0.309 e. The molecule has 0 spiro atoms. The fourth-order valence-electron chi connectivity index (χ4n) is 5.04. The molecule has 0 N–H and O–H groups in total. The number of carbonyl (C=O) groups is 1. The lowest BCUT2D eigenvalue weighted by Crippen LogP contribution is -2.53. The fraction of sp³-hybridized carbons (Fsp3) is 0.781. The van der Waals surface area contributed by atoms with Crippen molar-refractivity contribution in [1.29, 1.82) is 0 Å². The quantitative estimate of drug-likeness (QED) is 0.179. The number of unbranched alkanes of at least 4 members (excludes halogenated alkanes) is 10. The molecule has 1 aromatic rings. The zero-order valence-corrected chi connectivity index (χ0v) is 27.3. The maximum absolute atomic E-state index is 14.3. The summed E-state index contributed by atoms with van der Waals surface area (Å²) in [6.45, 7) is 18.9. The Labute approximate surface area is 240 Å². The van der Waals surface area contributed by atoms with E-state index in [1.807, 2.05) is 60.6 Å². The van der Waals surface area contributed by atoms with Crippen LogP contribution in [0.25, 0.3) is 0 Å². The summed E-state index contributed by atoms with van der Waals surface area (Å²) in [4.78, 5) is 12.8. The Morgan fingerprint density at radius 3 is 1.41 bits per heavy atom. The second-order valence-corrected chi connectivity index (χ2v) is 15.0. The van der Waals surface area contributed by atoms with Gasteiger partial charge in [-0.05, 0) is 41.7 Å². The molecule has 0 unspecified atom stereocenters. The van der Waals surface area contributed by atoms with E-state index >= 15 is 0 Å². The molecular formula is C32H57N2O4S-. The number of carbonyl (C=O) groups excluding carboxylic acids is 1. The van der Waals surface area contributed by atoms with Crippen LogP contribution in [0.4, 0.5) is 10.5 Å². The molecule has 6 nitrogen and oxygen atoms in total. The SMILES string of the molecule is CCCCCCCCN(CCCCCCCC)S(=O)(=O)N(C(=O)[O-])c1c(C(C)(C)C)cc(C)cc1C(C)(C)C. The summed E-state index contributed by atoms with van der Waals surface area (Å²) in [7, 11) is -4.38. The molecule has 1 amide bonds. The van der Waals surface area contributed by atoms with Crippen LogP contribution in [-0.4, -0.2) is 31.9 Å². The van der Waals surface area contributed by atoms with E-state index in [1.54, 1.807) is 0 Å². The van der Waals surface area contributed by atoms with Gasteiger partial charge in [-0.25, -0.2) is 4.31 Å². The zero-order chi connectivity index (χ0) is 29.9. The monoisotopic (exact) mass is 565 g/mol. The van der Waals surface area contributed by atoms with Crippen LogP contribution in [0.1, 0.15) is 149 Å². The minimum atomic E-state index is -4.38. The Bertz CT molecular complexity index is 939. The van der Waals surface area contributed by atoms with Gasteiger partial charge in [0.25, 0.3) is 0 Å². The van der Waals surface area contributed by atoms with E-state index < -0.39 is 27.1 Å². The highest BCUT2D eigenvalue weighted by Gasteiger charge is 2.38. The van der Waals surface area contributed by atoms with Crippen LogP contribution in [0.2, 0.25) is 0 Å². The Hall–Kier alpha value is -1.60. The second-order valence-electron chi connectivity index (χ2n) is 13.2. The van der Waals surface area contributed by atoms with E-state index in [9.17, 15) is 18.3 Å². The van der Waals surface area contributed by atoms with Crippen LogP contribution in [0.15, 0.2) is 12.1 Å². The standard InChI is InChI=1S/C32H58N2O4S/c1-10-12-14-16-18-20-22-33(23-21-19-17-15-13-11-2)39(37,38)34(30(35)36)29-27(31(4,5)6)24-26(3)25-28(29)32(7,8)9/h24-25H,10-23H2,1-9H3,(H,35,36)/p-1. The van der Waals surface area contributed by atoms with Crippen molar-refractivity contribution < 1.29 is 18.3 Å². The van der Waals surface area contributed by atoms with Gasteiger partial charge in [0.15, 0.2) is 6.09 Å². The van der Waals surface area contributed by atoms with Gasteiger partial charge in [0.05, 0.1) is 5.69 Å². The van der Waals surface area contributed by atoms with Crippen molar-refractivity contribution in [2.24, 2.45) is 0 Å². The number of carboxylic acid groups (broad SMARTS) is 1. The molecule has 1 rings (SSSR count). The van der Waals surface area contributed by atoms with E-state index in [0.717, 1.165) is 56.9 Å². The van der Waals surface area contributed by atoms with Gasteiger partial charge in [-0.3, -0.25) is 0 Å². The third kappa shape index (κ3) is 11.1. The van der Waals surface area contributed by atoms with Gasteiger partial charge in [0, 0.05) is 13.1 Å². The third-order valence-electron chi connectivity index (χ3n) is 7.32. The van der Waals surface area contributed by atoms with E-state index in [4.69, 9.17) is 0 Å². The average Bonchev–Trinajstić information content (AvgIpc) is 2.81. The number of anilines is 1. The molecule has 226 valence electrons. The molecule has 0 radical (unpaired) electrons. The van der Waals surface area contributed by atoms with E-state index in [0.29, 0.717) is 41.4 Å². The van der Waals surface area contributed by atoms with Crippen molar-refractivity contribution in [3.63, 3.8) is 0 Å². The van der Waals surface area contributed by atoms with E-state index in [-0.39, 0.29) is 5.69 Å². The minimum Gasteiger partial charge on any atom is -0.529 e. The van der Waals surface area contributed by atoms with Crippen LogP contribution in [0.3, 0.4) is 0 Å². The summed E-state index contributed by atoms with van der Waals surface area (Å²) >= 11 is 0. The molecule has 0 bridgehead atoms. The van der Waals surface area contributed by atoms with E-state index in [1.165, 1.54) is 17.1 Å².